The Bertz CT molecular complexity index is 917. The number of aryl methyl sites for hydroxylation is 1. The molecule has 126 valence electrons. The molecule has 3 rings (SSSR count). The van der Waals surface area contributed by atoms with Crippen LogP contribution < -0.4 is 9.47 Å². The first-order chi connectivity index (χ1) is 12.2. The maximum atomic E-state index is 13.1. The first-order valence-corrected chi connectivity index (χ1v) is 7.59. The summed E-state index contributed by atoms with van der Waals surface area (Å²) in [6.07, 6.45) is 5.18. The van der Waals surface area contributed by atoms with Crippen molar-refractivity contribution in [2.45, 2.75) is 6.92 Å². The second-order valence-corrected chi connectivity index (χ2v) is 5.14. The number of hydrogen-bond donors (Lipinski definition) is 0. The predicted molar refractivity (Wildman–Crippen MR) is 88.2 cm³/mol. The molecular weight excluding hydrogens is 323 g/mol. The molecule has 0 aliphatic rings. The third kappa shape index (κ3) is 3.93. The summed E-state index contributed by atoms with van der Waals surface area (Å²) in [6.45, 7) is 2.38. The number of pyridine rings is 1. The number of aromatic nitrogens is 3. The average Bonchev–Trinajstić information content (AvgIpc) is 3.06. The van der Waals surface area contributed by atoms with E-state index in [9.17, 15) is 4.39 Å². The molecule has 7 heteroatoms. The van der Waals surface area contributed by atoms with Crippen molar-refractivity contribution in [3.8, 4) is 23.4 Å². The van der Waals surface area contributed by atoms with E-state index in [0.717, 1.165) is 11.9 Å². The van der Waals surface area contributed by atoms with E-state index in [4.69, 9.17) is 14.7 Å². The summed E-state index contributed by atoms with van der Waals surface area (Å²) in [7, 11) is 0. The van der Waals surface area contributed by atoms with Crippen molar-refractivity contribution in [3.05, 3.63) is 66.1 Å². The van der Waals surface area contributed by atoms with Gasteiger partial charge in [0.15, 0.2) is 0 Å². The molecule has 0 fully saturated rings. The molecule has 1 aromatic carbocycles. The zero-order chi connectivity index (χ0) is 17.6. The molecule has 2 heterocycles. The van der Waals surface area contributed by atoms with Crippen molar-refractivity contribution in [2.75, 3.05) is 13.2 Å². The maximum Gasteiger partial charge on any atom is 0.141 e. The van der Waals surface area contributed by atoms with Gasteiger partial charge in [-0.05, 0) is 31.2 Å². The van der Waals surface area contributed by atoms with Crippen LogP contribution >= 0.6 is 0 Å². The van der Waals surface area contributed by atoms with E-state index in [1.165, 1.54) is 12.1 Å². The van der Waals surface area contributed by atoms with Crippen LogP contribution in [-0.2, 0) is 0 Å². The fraction of sp³-hybridized carbons (Fsp3) is 0.167. The van der Waals surface area contributed by atoms with E-state index < -0.39 is 5.82 Å². The molecule has 6 nitrogen and oxygen atoms in total. The van der Waals surface area contributed by atoms with Gasteiger partial charge < -0.3 is 9.47 Å². The third-order valence-electron chi connectivity index (χ3n) is 3.46. The fourth-order valence-corrected chi connectivity index (χ4v) is 2.27. The van der Waals surface area contributed by atoms with Gasteiger partial charge in [-0.25, -0.2) is 14.4 Å². The Balaban J connectivity index is 1.58. The zero-order valence-corrected chi connectivity index (χ0v) is 13.5. The van der Waals surface area contributed by atoms with E-state index in [1.54, 1.807) is 24.5 Å². The van der Waals surface area contributed by atoms with Crippen LogP contribution in [0.3, 0.4) is 0 Å². The van der Waals surface area contributed by atoms with Gasteiger partial charge in [-0.2, -0.15) is 5.26 Å². The highest BCUT2D eigenvalue weighted by Gasteiger charge is 2.06. The Morgan fingerprint density at radius 1 is 1.12 bits per heavy atom. The number of hydrogen-bond acceptors (Lipinski definition) is 5. The maximum absolute atomic E-state index is 13.1. The smallest absolute Gasteiger partial charge is 0.141 e. The van der Waals surface area contributed by atoms with Crippen LogP contribution in [0.2, 0.25) is 0 Å². The number of benzene rings is 1. The van der Waals surface area contributed by atoms with Crippen LogP contribution in [0.4, 0.5) is 4.39 Å². The van der Waals surface area contributed by atoms with Crippen LogP contribution in [0.1, 0.15) is 11.4 Å². The van der Waals surface area contributed by atoms with Crippen LogP contribution in [0.5, 0.6) is 11.5 Å². The van der Waals surface area contributed by atoms with E-state index >= 15 is 0 Å². The summed E-state index contributed by atoms with van der Waals surface area (Å²) in [5.41, 5.74) is 0.154. The molecule has 0 saturated carbocycles. The second kappa shape index (κ2) is 7.45. The highest BCUT2D eigenvalue weighted by Crippen LogP contribution is 2.19. The molecule has 0 spiro atoms. The van der Waals surface area contributed by atoms with Crippen molar-refractivity contribution >= 4 is 0 Å². The van der Waals surface area contributed by atoms with Gasteiger partial charge in [0.05, 0.1) is 5.56 Å². The van der Waals surface area contributed by atoms with E-state index in [-0.39, 0.29) is 18.8 Å². The summed E-state index contributed by atoms with van der Waals surface area (Å²) < 4.78 is 26.1. The van der Waals surface area contributed by atoms with Gasteiger partial charge in [0.1, 0.15) is 48.2 Å². The van der Waals surface area contributed by atoms with Crippen LogP contribution in [0.15, 0.2) is 48.9 Å². The van der Waals surface area contributed by atoms with Gasteiger partial charge in [0, 0.05) is 24.7 Å². The fourth-order valence-electron chi connectivity index (χ4n) is 2.27. The molecule has 0 saturated heterocycles. The lowest BCUT2D eigenvalue weighted by molar-refractivity contribution is 0.216. The van der Waals surface area contributed by atoms with Crippen LogP contribution in [0, 0.1) is 24.1 Å². The summed E-state index contributed by atoms with van der Waals surface area (Å²) in [6, 6.07) is 9.26. The standard InChI is InChI=1S/C18H15FN4O2/c1-13-21-6-7-23(13)18-11-16(4-5-22-18)24-8-9-25-17-3-2-15(19)10-14(17)12-20/h2-7,10-11H,8-9H2,1H3. The van der Waals surface area contributed by atoms with Gasteiger partial charge in [0.25, 0.3) is 0 Å². The second-order valence-electron chi connectivity index (χ2n) is 5.14. The molecule has 0 aliphatic heterocycles. The van der Waals surface area contributed by atoms with Crippen molar-refractivity contribution in [3.63, 3.8) is 0 Å². The van der Waals surface area contributed by atoms with Gasteiger partial charge >= 0.3 is 0 Å². The topological polar surface area (TPSA) is 73.0 Å². The van der Waals surface area contributed by atoms with Gasteiger partial charge in [0.2, 0.25) is 0 Å². The Morgan fingerprint density at radius 3 is 2.72 bits per heavy atom. The number of imidazole rings is 1. The van der Waals surface area contributed by atoms with Gasteiger partial charge in [-0.15, -0.1) is 0 Å². The summed E-state index contributed by atoms with van der Waals surface area (Å²) >= 11 is 0. The van der Waals surface area contributed by atoms with Crippen LogP contribution in [-0.4, -0.2) is 27.7 Å². The average molecular weight is 338 g/mol. The Kier molecular flexibility index (Phi) is 4.90. The van der Waals surface area contributed by atoms with Crippen molar-refractivity contribution in [1.82, 2.24) is 14.5 Å². The molecule has 0 aliphatic carbocycles. The number of ether oxygens (including phenoxy) is 2. The molecule has 3 aromatic rings. The summed E-state index contributed by atoms with van der Waals surface area (Å²) in [5.74, 6) is 2.03. The van der Waals surface area contributed by atoms with Crippen molar-refractivity contribution in [2.24, 2.45) is 0 Å². The molecule has 0 radical (unpaired) electrons. The predicted octanol–water partition coefficient (Wildman–Crippen LogP) is 3.04. The lowest BCUT2D eigenvalue weighted by Crippen LogP contribution is -2.10. The highest BCUT2D eigenvalue weighted by atomic mass is 19.1. The zero-order valence-electron chi connectivity index (χ0n) is 13.5. The van der Waals surface area contributed by atoms with E-state index in [2.05, 4.69) is 9.97 Å². The molecule has 25 heavy (non-hydrogen) atoms. The SMILES string of the molecule is Cc1nccn1-c1cc(OCCOc2ccc(F)cc2C#N)ccn1. The first-order valence-electron chi connectivity index (χ1n) is 7.59. The van der Waals surface area contributed by atoms with Crippen molar-refractivity contribution in [1.29, 1.82) is 5.26 Å². The quantitative estimate of drug-likeness (QED) is 0.646. The number of rotatable bonds is 6. The largest absolute Gasteiger partial charge is 0.490 e. The Hall–Kier alpha value is -3.40. The van der Waals surface area contributed by atoms with Gasteiger partial charge in [-0.1, -0.05) is 0 Å². The van der Waals surface area contributed by atoms with E-state index in [1.807, 2.05) is 23.8 Å². The lowest BCUT2D eigenvalue weighted by Gasteiger charge is -2.10. The summed E-state index contributed by atoms with van der Waals surface area (Å²) in [5, 5.41) is 8.98. The molecule has 0 unspecified atom stereocenters. The molecular formula is C18H15FN4O2. The minimum Gasteiger partial charge on any atom is -0.490 e. The number of nitriles is 1. The highest BCUT2D eigenvalue weighted by molar-refractivity contribution is 5.43. The van der Waals surface area contributed by atoms with E-state index in [0.29, 0.717) is 17.3 Å². The first kappa shape index (κ1) is 16.5. The summed E-state index contributed by atoms with van der Waals surface area (Å²) in [4.78, 5) is 8.45. The molecule has 0 amide bonds. The number of halogens is 1. The monoisotopic (exact) mass is 338 g/mol. The normalized spacial score (nSPS) is 10.3. The molecule has 2 aromatic heterocycles. The minimum absolute atomic E-state index is 0.154. The lowest BCUT2D eigenvalue weighted by atomic mass is 10.2. The molecule has 0 atom stereocenters. The van der Waals surface area contributed by atoms with Gasteiger partial charge in [-0.3, -0.25) is 4.57 Å². The van der Waals surface area contributed by atoms with Crippen LogP contribution in [0.25, 0.3) is 5.82 Å². The minimum atomic E-state index is -0.473. The Labute approximate surface area is 144 Å². The molecule has 0 bridgehead atoms. The number of nitrogens with zero attached hydrogens (tertiary/aromatic N) is 4. The Morgan fingerprint density at radius 2 is 1.96 bits per heavy atom. The molecule has 0 N–H and O–H groups in total. The van der Waals surface area contributed by atoms with Crippen molar-refractivity contribution < 1.29 is 13.9 Å². The third-order valence-corrected chi connectivity index (χ3v) is 3.46.